The topological polar surface area (TPSA) is 40.6 Å². The summed E-state index contributed by atoms with van der Waals surface area (Å²) >= 11 is 8.07. The van der Waals surface area contributed by atoms with Gasteiger partial charge in [-0.1, -0.05) is 11.6 Å². The van der Waals surface area contributed by atoms with Crippen molar-refractivity contribution in [2.24, 2.45) is 0 Å². The van der Waals surface area contributed by atoms with Crippen LogP contribution in [0.1, 0.15) is 17.3 Å². The highest BCUT2D eigenvalue weighted by atomic mass is 127. The molecule has 1 aromatic rings. The molecule has 1 aromatic carbocycles. The Morgan fingerprint density at radius 3 is 2.32 bits per heavy atom. The molecule has 0 aromatic heterocycles. The minimum absolute atomic E-state index is 0.0184. The van der Waals surface area contributed by atoms with E-state index < -0.39 is 0 Å². The summed E-state index contributed by atoms with van der Waals surface area (Å²) in [5.74, 6) is 0.0412. The van der Waals surface area contributed by atoms with Crippen molar-refractivity contribution in [3.63, 3.8) is 0 Å². The molecule has 0 saturated carbocycles. The van der Waals surface area contributed by atoms with Crippen molar-refractivity contribution >= 4 is 46.0 Å². The van der Waals surface area contributed by atoms with Gasteiger partial charge in [-0.15, -0.1) is 0 Å². The van der Waals surface area contributed by atoms with E-state index in [1.807, 2.05) is 6.07 Å². The third-order valence-electron chi connectivity index (χ3n) is 3.17. The van der Waals surface area contributed by atoms with E-state index in [-0.39, 0.29) is 11.8 Å². The number of carbonyl (C=O) groups excluding carboxylic acids is 2. The summed E-state index contributed by atoms with van der Waals surface area (Å²) in [5, 5.41) is 0.561. The van der Waals surface area contributed by atoms with Crippen molar-refractivity contribution in [2.45, 2.75) is 6.92 Å². The largest absolute Gasteiger partial charge is 0.339 e. The summed E-state index contributed by atoms with van der Waals surface area (Å²) in [6.45, 7) is 3.88. The number of amides is 2. The van der Waals surface area contributed by atoms with Gasteiger partial charge in [0.1, 0.15) is 0 Å². The highest BCUT2D eigenvalue weighted by Crippen LogP contribution is 2.20. The minimum atomic E-state index is -0.0184. The average Bonchev–Trinajstić information content (AvgIpc) is 2.41. The van der Waals surface area contributed by atoms with Crippen LogP contribution in [-0.2, 0) is 4.79 Å². The molecule has 2 amide bonds. The first-order chi connectivity index (χ1) is 8.99. The first kappa shape index (κ1) is 14.6. The van der Waals surface area contributed by atoms with E-state index in [0.717, 1.165) is 3.57 Å². The monoisotopic (exact) mass is 392 g/mol. The average molecular weight is 393 g/mol. The molecule has 1 saturated heterocycles. The van der Waals surface area contributed by atoms with Crippen molar-refractivity contribution < 1.29 is 9.59 Å². The Balaban J connectivity index is 2.09. The summed E-state index contributed by atoms with van der Waals surface area (Å²) < 4.78 is 0.890. The fourth-order valence-electron chi connectivity index (χ4n) is 2.06. The van der Waals surface area contributed by atoms with Crippen LogP contribution in [0.3, 0.4) is 0 Å². The maximum absolute atomic E-state index is 12.4. The van der Waals surface area contributed by atoms with E-state index in [4.69, 9.17) is 11.6 Å². The Morgan fingerprint density at radius 1 is 1.16 bits per heavy atom. The lowest BCUT2D eigenvalue weighted by Crippen LogP contribution is -2.50. The normalized spacial score (nSPS) is 15.5. The molecule has 1 heterocycles. The van der Waals surface area contributed by atoms with Gasteiger partial charge in [0.15, 0.2) is 0 Å². The van der Waals surface area contributed by atoms with Gasteiger partial charge >= 0.3 is 0 Å². The van der Waals surface area contributed by atoms with Gasteiger partial charge in [-0.05, 0) is 40.8 Å². The molecule has 0 atom stereocenters. The maximum Gasteiger partial charge on any atom is 0.255 e. The molecule has 4 nitrogen and oxygen atoms in total. The molecule has 1 fully saturated rings. The number of hydrogen-bond donors (Lipinski definition) is 0. The Bertz CT molecular complexity index is 513. The number of piperazine rings is 1. The fraction of sp³-hybridized carbons (Fsp3) is 0.385. The van der Waals surface area contributed by atoms with E-state index in [2.05, 4.69) is 22.6 Å². The number of halogens is 2. The Hall–Kier alpha value is -0.820. The first-order valence-corrected chi connectivity index (χ1v) is 7.44. The van der Waals surface area contributed by atoms with Crippen molar-refractivity contribution in [3.8, 4) is 0 Å². The second-order valence-electron chi connectivity index (χ2n) is 4.42. The SMILES string of the molecule is CC(=O)N1CCN(C(=O)c2cc(Cl)ccc2I)CC1. The standard InChI is InChI=1S/C13H14ClIN2O2/c1-9(18)16-4-6-17(7-5-16)13(19)11-8-10(14)2-3-12(11)15/h2-3,8H,4-7H2,1H3. The van der Waals surface area contributed by atoms with Crippen molar-refractivity contribution in [1.82, 2.24) is 9.80 Å². The number of rotatable bonds is 1. The van der Waals surface area contributed by atoms with Crippen LogP contribution in [0.25, 0.3) is 0 Å². The zero-order valence-electron chi connectivity index (χ0n) is 10.5. The lowest BCUT2D eigenvalue weighted by atomic mass is 10.2. The van der Waals surface area contributed by atoms with Gasteiger partial charge in [0.2, 0.25) is 5.91 Å². The van der Waals surface area contributed by atoms with E-state index in [1.165, 1.54) is 0 Å². The summed E-state index contributed by atoms with van der Waals surface area (Å²) in [6.07, 6.45) is 0. The van der Waals surface area contributed by atoms with E-state index in [1.54, 1.807) is 28.9 Å². The Morgan fingerprint density at radius 2 is 1.74 bits per heavy atom. The molecule has 1 aliphatic heterocycles. The highest BCUT2D eigenvalue weighted by Gasteiger charge is 2.24. The van der Waals surface area contributed by atoms with E-state index in [9.17, 15) is 9.59 Å². The van der Waals surface area contributed by atoms with Crippen molar-refractivity contribution in [2.75, 3.05) is 26.2 Å². The van der Waals surface area contributed by atoms with E-state index in [0.29, 0.717) is 36.8 Å². The quantitative estimate of drug-likeness (QED) is 0.688. The number of nitrogens with zero attached hydrogens (tertiary/aromatic N) is 2. The maximum atomic E-state index is 12.4. The van der Waals surface area contributed by atoms with Gasteiger partial charge in [0.05, 0.1) is 5.56 Å². The third-order valence-corrected chi connectivity index (χ3v) is 4.35. The smallest absolute Gasteiger partial charge is 0.255 e. The van der Waals surface area contributed by atoms with Crippen LogP contribution in [0.5, 0.6) is 0 Å². The van der Waals surface area contributed by atoms with Crippen LogP contribution in [0, 0.1) is 3.57 Å². The van der Waals surface area contributed by atoms with Crippen LogP contribution in [0.4, 0.5) is 0 Å². The fourth-order valence-corrected chi connectivity index (χ4v) is 2.79. The molecule has 19 heavy (non-hydrogen) atoms. The van der Waals surface area contributed by atoms with Crippen LogP contribution < -0.4 is 0 Å². The molecule has 0 aliphatic carbocycles. The lowest BCUT2D eigenvalue weighted by Gasteiger charge is -2.34. The molecule has 0 bridgehead atoms. The number of hydrogen-bond acceptors (Lipinski definition) is 2. The lowest BCUT2D eigenvalue weighted by molar-refractivity contribution is -0.130. The van der Waals surface area contributed by atoms with Crippen molar-refractivity contribution in [1.29, 1.82) is 0 Å². The summed E-state index contributed by atoms with van der Waals surface area (Å²) in [7, 11) is 0. The summed E-state index contributed by atoms with van der Waals surface area (Å²) in [5.41, 5.74) is 0.629. The zero-order chi connectivity index (χ0) is 14.0. The first-order valence-electron chi connectivity index (χ1n) is 5.99. The molecule has 0 spiro atoms. The number of benzene rings is 1. The van der Waals surface area contributed by atoms with Gasteiger partial charge < -0.3 is 9.80 Å². The molecule has 0 radical (unpaired) electrons. The summed E-state index contributed by atoms with van der Waals surface area (Å²) in [6, 6.07) is 5.30. The molecule has 6 heteroatoms. The minimum Gasteiger partial charge on any atom is -0.339 e. The second kappa shape index (κ2) is 6.09. The highest BCUT2D eigenvalue weighted by molar-refractivity contribution is 14.1. The molecular formula is C13H14ClIN2O2. The van der Waals surface area contributed by atoms with Crippen LogP contribution in [-0.4, -0.2) is 47.8 Å². The van der Waals surface area contributed by atoms with Gasteiger partial charge in [-0.3, -0.25) is 9.59 Å². The predicted molar refractivity (Wildman–Crippen MR) is 82.3 cm³/mol. The Labute approximate surface area is 130 Å². The van der Waals surface area contributed by atoms with Crippen LogP contribution >= 0.6 is 34.2 Å². The molecule has 1 aliphatic rings. The molecule has 102 valence electrons. The Kier molecular flexibility index (Phi) is 4.67. The zero-order valence-corrected chi connectivity index (χ0v) is 13.4. The van der Waals surface area contributed by atoms with E-state index >= 15 is 0 Å². The van der Waals surface area contributed by atoms with Gasteiger partial charge in [0.25, 0.3) is 5.91 Å². The summed E-state index contributed by atoms with van der Waals surface area (Å²) in [4.78, 5) is 27.2. The van der Waals surface area contributed by atoms with Gasteiger partial charge in [0, 0.05) is 41.7 Å². The molecule has 0 N–H and O–H groups in total. The van der Waals surface area contributed by atoms with Crippen molar-refractivity contribution in [3.05, 3.63) is 32.4 Å². The molecule has 2 rings (SSSR count). The second-order valence-corrected chi connectivity index (χ2v) is 6.02. The third kappa shape index (κ3) is 3.39. The number of carbonyl (C=O) groups is 2. The van der Waals surface area contributed by atoms with Gasteiger partial charge in [-0.2, -0.15) is 0 Å². The molecular weight excluding hydrogens is 379 g/mol. The van der Waals surface area contributed by atoms with Gasteiger partial charge in [-0.25, -0.2) is 0 Å². The van der Waals surface area contributed by atoms with Crippen LogP contribution in [0.15, 0.2) is 18.2 Å². The van der Waals surface area contributed by atoms with Crippen LogP contribution in [0.2, 0.25) is 5.02 Å². The molecule has 0 unspecified atom stereocenters. The predicted octanol–water partition coefficient (Wildman–Crippen LogP) is 2.25.